The lowest BCUT2D eigenvalue weighted by Crippen LogP contribution is -2.22. The van der Waals surface area contributed by atoms with Crippen LogP contribution in [0.15, 0.2) is 200 Å². The number of hydrogen-bond acceptors (Lipinski definition) is 3. The fourth-order valence-electron chi connectivity index (χ4n) is 9.82. The lowest BCUT2D eigenvalue weighted by molar-refractivity contribution is 0.714. The first-order valence-electron chi connectivity index (χ1n) is 20.2. The third-order valence-corrected chi connectivity index (χ3v) is 13.8. The van der Waals surface area contributed by atoms with Crippen molar-refractivity contribution in [2.24, 2.45) is 0 Å². The van der Waals surface area contributed by atoms with Crippen molar-refractivity contribution in [3.63, 3.8) is 0 Å². The van der Waals surface area contributed by atoms with E-state index in [0.717, 1.165) is 28.1 Å². The molecule has 276 valence electrons. The number of fused-ring (bicyclic) bond motifs is 11. The van der Waals surface area contributed by atoms with Crippen LogP contribution in [0.3, 0.4) is 0 Å². The highest BCUT2D eigenvalue weighted by molar-refractivity contribution is 7.27. The van der Waals surface area contributed by atoms with Crippen LogP contribution in [0.4, 0.5) is 0 Å². The zero-order valence-corrected chi connectivity index (χ0v) is 33.2. The van der Waals surface area contributed by atoms with Gasteiger partial charge in [0.25, 0.3) is 0 Å². The van der Waals surface area contributed by atoms with Crippen LogP contribution < -0.4 is 0 Å². The first-order chi connectivity index (χ1) is 29.1. The number of benzene rings is 9. The summed E-state index contributed by atoms with van der Waals surface area (Å²) in [7, 11) is 0. The minimum absolute atomic E-state index is 0.305. The number of thiophene rings is 1. The van der Waals surface area contributed by atoms with Crippen LogP contribution in [0.5, 0.6) is 0 Å². The molecule has 1 unspecified atom stereocenters. The van der Waals surface area contributed by atoms with Crippen molar-refractivity contribution in [2.45, 2.75) is 12.3 Å². The van der Waals surface area contributed by atoms with Gasteiger partial charge in [0.15, 0.2) is 5.82 Å². The van der Waals surface area contributed by atoms with Crippen molar-refractivity contribution in [3.05, 3.63) is 217 Å². The Bertz CT molecular complexity index is 3460. The average Bonchev–Trinajstić information content (AvgIpc) is 3.84. The molecule has 1 aliphatic carbocycles. The molecule has 1 atom stereocenters. The van der Waals surface area contributed by atoms with E-state index in [1.54, 1.807) is 0 Å². The van der Waals surface area contributed by atoms with Gasteiger partial charge in [0, 0.05) is 47.7 Å². The summed E-state index contributed by atoms with van der Waals surface area (Å²) in [4.78, 5) is 10.7. The molecule has 12 rings (SSSR count). The second-order valence-corrected chi connectivity index (χ2v) is 16.8. The molecule has 2 heterocycles. The second kappa shape index (κ2) is 13.2. The molecule has 2 aromatic heterocycles. The quantitative estimate of drug-likeness (QED) is 0.163. The molecule has 0 amide bonds. The van der Waals surface area contributed by atoms with Crippen LogP contribution in [-0.2, 0) is 5.41 Å². The van der Waals surface area contributed by atoms with E-state index in [0.29, 0.717) is 5.82 Å². The summed E-state index contributed by atoms with van der Waals surface area (Å²) in [5.41, 5.74) is 13.4. The molecule has 11 aromatic rings. The molecule has 0 saturated heterocycles. The highest BCUT2D eigenvalue weighted by Gasteiger charge is 2.41. The third kappa shape index (κ3) is 5.11. The molecule has 0 radical (unpaired) electrons. The lowest BCUT2D eigenvalue weighted by atomic mass is 9.74. The maximum atomic E-state index is 5.36. The summed E-state index contributed by atoms with van der Waals surface area (Å²) in [6, 6.07) is 72.5. The molecule has 9 aromatic carbocycles. The van der Waals surface area contributed by atoms with Crippen molar-refractivity contribution < 1.29 is 0 Å². The van der Waals surface area contributed by atoms with Gasteiger partial charge in [-0.15, -0.1) is 11.3 Å². The van der Waals surface area contributed by atoms with Gasteiger partial charge in [0.1, 0.15) is 0 Å². The van der Waals surface area contributed by atoms with Crippen LogP contribution in [0.2, 0.25) is 0 Å². The Hall–Kier alpha value is -7.20. The van der Waals surface area contributed by atoms with Gasteiger partial charge < -0.3 is 0 Å². The van der Waals surface area contributed by atoms with Gasteiger partial charge in [0.2, 0.25) is 0 Å². The molecule has 0 N–H and O–H groups in total. The summed E-state index contributed by atoms with van der Waals surface area (Å²) in [5, 5.41) is 7.83. The molecule has 2 nitrogen and oxygen atoms in total. The van der Waals surface area contributed by atoms with Gasteiger partial charge in [-0.05, 0) is 80.2 Å². The zero-order chi connectivity index (χ0) is 39.1. The van der Waals surface area contributed by atoms with Crippen LogP contribution in [0, 0.1) is 0 Å². The first kappa shape index (κ1) is 33.9. The number of aromatic nitrogens is 2. The fraction of sp³-hybridized carbons (Fsp3) is 0.0357. The van der Waals surface area contributed by atoms with Gasteiger partial charge in [-0.3, -0.25) is 0 Å². The average molecular weight is 769 g/mol. The normalized spacial score (nSPS) is 14.6. The Morgan fingerprint density at radius 3 is 1.81 bits per heavy atom. The summed E-state index contributed by atoms with van der Waals surface area (Å²) < 4.78 is 2.63. The van der Waals surface area contributed by atoms with Crippen molar-refractivity contribution in [2.75, 3.05) is 0 Å². The van der Waals surface area contributed by atoms with E-state index < -0.39 is 0 Å². The molecule has 59 heavy (non-hydrogen) atoms. The minimum Gasteiger partial charge on any atom is -0.228 e. The molecule has 0 bridgehead atoms. The summed E-state index contributed by atoms with van der Waals surface area (Å²) in [5.74, 6) is 0.711. The third-order valence-electron chi connectivity index (χ3n) is 12.6. The Labute approximate surface area is 346 Å². The van der Waals surface area contributed by atoms with Crippen molar-refractivity contribution in [1.82, 2.24) is 9.97 Å². The summed E-state index contributed by atoms with van der Waals surface area (Å²) >= 11 is 1.90. The lowest BCUT2D eigenvalue weighted by Gasteiger charge is -2.28. The highest BCUT2D eigenvalue weighted by Crippen LogP contribution is 2.55. The highest BCUT2D eigenvalue weighted by atomic mass is 32.1. The van der Waals surface area contributed by atoms with E-state index in [1.165, 1.54) is 80.7 Å². The van der Waals surface area contributed by atoms with Crippen LogP contribution in [0.1, 0.15) is 23.6 Å². The van der Waals surface area contributed by atoms with Gasteiger partial charge in [-0.1, -0.05) is 182 Å². The molecule has 0 aliphatic heterocycles. The topological polar surface area (TPSA) is 25.8 Å². The van der Waals surface area contributed by atoms with Crippen LogP contribution in [0.25, 0.3) is 97.9 Å². The van der Waals surface area contributed by atoms with Gasteiger partial charge in [0.05, 0.1) is 11.4 Å². The van der Waals surface area contributed by atoms with Gasteiger partial charge in [-0.2, -0.15) is 0 Å². The largest absolute Gasteiger partial charge is 0.228 e. The predicted octanol–water partition coefficient (Wildman–Crippen LogP) is 15.2. The molecule has 1 aliphatic rings. The fourth-order valence-corrected chi connectivity index (χ4v) is 11.1. The van der Waals surface area contributed by atoms with Crippen LogP contribution >= 0.6 is 11.3 Å². The second-order valence-electron chi connectivity index (χ2n) is 15.7. The summed E-state index contributed by atoms with van der Waals surface area (Å²) in [6.45, 7) is 2.37. The molecular weight excluding hydrogens is 733 g/mol. The Morgan fingerprint density at radius 2 is 0.983 bits per heavy atom. The van der Waals surface area contributed by atoms with E-state index in [-0.39, 0.29) is 5.41 Å². The van der Waals surface area contributed by atoms with E-state index >= 15 is 0 Å². The maximum absolute atomic E-state index is 5.36. The van der Waals surface area contributed by atoms with E-state index in [4.69, 9.17) is 9.97 Å². The standard InChI is InChI=1S/C56H36N2S/c1-56(38-21-6-3-7-22-38)46-30-13-12-27-44(46)51-45(29-15-31-47(51)56)49-34-48(57-55(58-49)35-17-4-2-5-18-35)37-20-14-19-36(33-37)39-28-16-32-50-52(39)53-42-25-10-8-23-40(42)41-24-9-11-26-43(41)54(53)59-50/h2-34H,1H3. The SMILES string of the molecule is CC1(c2ccccc2)c2ccccc2-c2c(-c3cc(-c4cccc(-c5cccc6sc7c8ccccc8c8ccccc8c7c56)c4)nc(-c4ccccc4)n3)cccc21. The van der Waals surface area contributed by atoms with Crippen LogP contribution in [-0.4, -0.2) is 9.97 Å². The zero-order valence-electron chi connectivity index (χ0n) is 32.4. The van der Waals surface area contributed by atoms with E-state index in [2.05, 4.69) is 201 Å². The Morgan fingerprint density at radius 1 is 0.407 bits per heavy atom. The molecule has 3 heteroatoms. The molecular formula is C56H36N2S. The monoisotopic (exact) mass is 768 g/mol. The van der Waals surface area contributed by atoms with E-state index in [1.807, 2.05) is 17.4 Å². The van der Waals surface area contributed by atoms with Gasteiger partial charge >= 0.3 is 0 Å². The smallest absolute Gasteiger partial charge is 0.160 e. The number of nitrogens with zero attached hydrogens (tertiary/aromatic N) is 2. The van der Waals surface area contributed by atoms with Gasteiger partial charge in [-0.25, -0.2) is 9.97 Å². The number of rotatable bonds is 5. The first-order valence-corrected chi connectivity index (χ1v) is 21.1. The summed E-state index contributed by atoms with van der Waals surface area (Å²) in [6.07, 6.45) is 0. The predicted molar refractivity (Wildman–Crippen MR) is 249 cm³/mol. The van der Waals surface area contributed by atoms with Crippen molar-refractivity contribution >= 4 is 53.1 Å². The molecule has 0 fully saturated rings. The molecule has 0 saturated carbocycles. The minimum atomic E-state index is -0.305. The number of hydrogen-bond donors (Lipinski definition) is 0. The Balaban J connectivity index is 1.07. The molecule has 0 spiro atoms. The Kier molecular flexibility index (Phi) is 7.57. The maximum Gasteiger partial charge on any atom is 0.160 e. The van der Waals surface area contributed by atoms with E-state index in [9.17, 15) is 0 Å². The van der Waals surface area contributed by atoms with Crippen molar-refractivity contribution in [3.8, 4) is 56.2 Å². The van der Waals surface area contributed by atoms with Crippen molar-refractivity contribution in [1.29, 1.82) is 0 Å².